The fourth-order valence-electron chi connectivity index (χ4n) is 4.06. The molecule has 1 atom stereocenters. The summed E-state index contributed by atoms with van der Waals surface area (Å²) in [5.41, 5.74) is 4.01. The number of hydrogen-bond acceptors (Lipinski definition) is 7. The number of anilines is 1. The molecule has 0 radical (unpaired) electrons. The van der Waals surface area contributed by atoms with Crippen LogP contribution >= 0.6 is 0 Å². The van der Waals surface area contributed by atoms with Gasteiger partial charge in [0.15, 0.2) is 5.65 Å². The summed E-state index contributed by atoms with van der Waals surface area (Å²) in [4.78, 5) is 23.2. The molecular weight excluding hydrogens is 364 g/mol. The van der Waals surface area contributed by atoms with E-state index >= 15 is 0 Å². The summed E-state index contributed by atoms with van der Waals surface area (Å²) in [5.74, 6) is 0.827. The lowest BCUT2D eigenvalue weighted by atomic mass is 10.1. The third-order valence-electron chi connectivity index (χ3n) is 5.68. The van der Waals surface area contributed by atoms with E-state index in [1.54, 1.807) is 6.20 Å². The number of nitrogens with zero attached hydrogens (tertiary/aromatic N) is 6. The van der Waals surface area contributed by atoms with Crippen LogP contribution in [0.3, 0.4) is 0 Å². The third kappa shape index (κ3) is 3.59. The molecule has 0 amide bonds. The highest BCUT2D eigenvalue weighted by Crippen LogP contribution is 2.25. The predicted octanol–water partition coefficient (Wildman–Crippen LogP) is 2.54. The van der Waals surface area contributed by atoms with Crippen LogP contribution in [-0.4, -0.2) is 57.6 Å². The second-order valence-electron chi connectivity index (χ2n) is 7.43. The fourth-order valence-corrected chi connectivity index (χ4v) is 4.06. The van der Waals surface area contributed by atoms with Crippen molar-refractivity contribution in [3.63, 3.8) is 0 Å². The van der Waals surface area contributed by atoms with Gasteiger partial charge in [-0.25, -0.2) is 19.9 Å². The zero-order chi connectivity index (χ0) is 19.6. The molecule has 5 rings (SSSR count). The largest absolute Gasteiger partial charge is 0.376 e. The van der Waals surface area contributed by atoms with Crippen molar-refractivity contribution in [2.45, 2.75) is 19.1 Å². The zero-order valence-corrected chi connectivity index (χ0v) is 16.4. The first-order valence-corrected chi connectivity index (χ1v) is 10.1. The highest BCUT2D eigenvalue weighted by atomic mass is 16.5. The smallest absolute Gasteiger partial charge is 0.225 e. The molecule has 29 heavy (non-hydrogen) atoms. The lowest BCUT2D eigenvalue weighted by molar-refractivity contribution is 0.109. The average molecular weight is 388 g/mol. The highest BCUT2D eigenvalue weighted by Gasteiger charge is 2.26. The number of hydrogen-bond donors (Lipinski definition) is 0. The first-order chi connectivity index (χ1) is 14.3. The Hall–Kier alpha value is -2.90. The Morgan fingerprint density at radius 3 is 2.83 bits per heavy atom. The molecule has 1 unspecified atom stereocenters. The molecule has 2 aliphatic rings. The molecule has 0 bridgehead atoms. The zero-order valence-electron chi connectivity index (χ0n) is 16.4. The molecule has 7 heteroatoms. The van der Waals surface area contributed by atoms with Gasteiger partial charge in [0.05, 0.1) is 30.6 Å². The Kier molecular flexibility index (Phi) is 4.91. The van der Waals surface area contributed by atoms with Crippen molar-refractivity contribution >= 4 is 17.0 Å². The fraction of sp³-hybridized carbons (Fsp3) is 0.364. The summed E-state index contributed by atoms with van der Waals surface area (Å²) in [6.07, 6.45) is 6.54. The van der Waals surface area contributed by atoms with E-state index in [1.807, 2.05) is 24.4 Å². The maximum atomic E-state index is 5.48. The van der Waals surface area contributed by atoms with Crippen molar-refractivity contribution in [3.05, 3.63) is 66.3 Å². The summed E-state index contributed by atoms with van der Waals surface area (Å²) in [6, 6.07) is 8.21. The Morgan fingerprint density at radius 2 is 1.97 bits per heavy atom. The van der Waals surface area contributed by atoms with E-state index in [-0.39, 0.29) is 6.04 Å². The van der Waals surface area contributed by atoms with E-state index < -0.39 is 0 Å². The maximum Gasteiger partial charge on any atom is 0.225 e. The van der Waals surface area contributed by atoms with Crippen LogP contribution in [0.2, 0.25) is 0 Å². The number of fused-ring (bicyclic) bond motifs is 2. The minimum absolute atomic E-state index is 0.0742. The molecule has 3 aromatic heterocycles. The molecule has 2 aliphatic heterocycles. The van der Waals surface area contributed by atoms with E-state index in [0.29, 0.717) is 6.61 Å². The SMILES string of the molecule is C=CC(c1ccc2cccnc2n1)N1CCN(c2ncc3c(n2)CCOC3)CC1. The molecular formula is C22H24N6O. The monoisotopic (exact) mass is 388 g/mol. The van der Waals surface area contributed by atoms with Crippen LogP contribution in [0.15, 0.2) is 49.3 Å². The van der Waals surface area contributed by atoms with Crippen molar-refractivity contribution in [2.24, 2.45) is 0 Å². The number of pyridine rings is 2. The van der Waals surface area contributed by atoms with Gasteiger partial charge >= 0.3 is 0 Å². The van der Waals surface area contributed by atoms with Crippen LogP contribution < -0.4 is 4.90 Å². The molecule has 7 nitrogen and oxygen atoms in total. The normalized spacial score (nSPS) is 18.4. The Bertz CT molecular complexity index is 1030. The van der Waals surface area contributed by atoms with Gasteiger partial charge in [0.25, 0.3) is 0 Å². The number of aromatic nitrogens is 4. The van der Waals surface area contributed by atoms with Crippen molar-refractivity contribution in [2.75, 3.05) is 37.7 Å². The van der Waals surface area contributed by atoms with Crippen molar-refractivity contribution in [1.29, 1.82) is 0 Å². The number of ether oxygens (including phenoxy) is 1. The van der Waals surface area contributed by atoms with E-state index in [4.69, 9.17) is 14.7 Å². The summed E-state index contributed by atoms with van der Waals surface area (Å²) in [6.45, 7) is 9.00. The van der Waals surface area contributed by atoms with Crippen LogP contribution in [0.5, 0.6) is 0 Å². The summed E-state index contributed by atoms with van der Waals surface area (Å²) < 4.78 is 5.48. The van der Waals surface area contributed by atoms with E-state index in [1.165, 1.54) is 0 Å². The van der Waals surface area contributed by atoms with Crippen LogP contribution in [-0.2, 0) is 17.8 Å². The van der Waals surface area contributed by atoms with Crippen molar-refractivity contribution in [1.82, 2.24) is 24.8 Å². The van der Waals surface area contributed by atoms with E-state index in [0.717, 1.165) is 73.1 Å². The van der Waals surface area contributed by atoms with Crippen LogP contribution in [0, 0.1) is 0 Å². The molecule has 1 fully saturated rings. The molecule has 0 N–H and O–H groups in total. The lowest BCUT2D eigenvalue weighted by Gasteiger charge is -2.38. The summed E-state index contributed by atoms with van der Waals surface area (Å²) in [5, 5.41) is 1.05. The molecule has 148 valence electrons. The van der Waals surface area contributed by atoms with Gasteiger partial charge < -0.3 is 9.64 Å². The Labute approximate surface area is 170 Å². The minimum atomic E-state index is 0.0742. The first-order valence-electron chi connectivity index (χ1n) is 10.1. The molecule has 3 aromatic rings. The molecule has 0 aliphatic carbocycles. The maximum absolute atomic E-state index is 5.48. The summed E-state index contributed by atoms with van der Waals surface area (Å²) in [7, 11) is 0. The summed E-state index contributed by atoms with van der Waals surface area (Å²) >= 11 is 0. The van der Waals surface area contributed by atoms with Crippen LogP contribution in [0.1, 0.15) is 23.0 Å². The molecule has 0 spiro atoms. The van der Waals surface area contributed by atoms with Gasteiger partial charge in [-0.1, -0.05) is 6.08 Å². The topological polar surface area (TPSA) is 67.3 Å². The van der Waals surface area contributed by atoms with Crippen molar-refractivity contribution in [3.8, 4) is 0 Å². The van der Waals surface area contributed by atoms with Gasteiger partial charge in [-0.3, -0.25) is 4.90 Å². The van der Waals surface area contributed by atoms with Gasteiger partial charge in [0, 0.05) is 55.9 Å². The van der Waals surface area contributed by atoms with Gasteiger partial charge in [-0.15, -0.1) is 6.58 Å². The van der Waals surface area contributed by atoms with E-state index in [9.17, 15) is 0 Å². The Morgan fingerprint density at radius 1 is 1.07 bits per heavy atom. The quantitative estimate of drug-likeness (QED) is 0.636. The second-order valence-corrected chi connectivity index (χ2v) is 7.43. The van der Waals surface area contributed by atoms with Crippen LogP contribution in [0.25, 0.3) is 11.0 Å². The van der Waals surface area contributed by atoms with Gasteiger partial charge in [-0.05, 0) is 24.3 Å². The number of piperazine rings is 1. The minimum Gasteiger partial charge on any atom is -0.376 e. The molecule has 0 saturated carbocycles. The molecule has 5 heterocycles. The van der Waals surface area contributed by atoms with Crippen molar-refractivity contribution < 1.29 is 4.74 Å². The first kappa shape index (κ1) is 18.1. The number of rotatable bonds is 4. The lowest BCUT2D eigenvalue weighted by Crippen LogP contribution is -2.48. The second kappa shape index (κ2) is 7.85. The molecule has 1 saturated heterocycles. The van der Waals surface area contributed by atoms with Gasteiger partial charge in [0.1, 0.15) is 0 Å². The average Bonchev–Trinajstić information content (AvgIpc) is 2.80. The predicted molar refractivity (Wildman–Crippen MR) is 112 cm³/mol. The third-order valence-corrected chi connectivity index (χ3v) is 5.68. The highest BCUT2D eigenvalue weighted by molar-refractivity contribution is 5.74. The van der Waals surface area contributed by atoms with Gasteiger partial charge in [0.2, 0.25) is 5.95 Å². The standard InChI is InChI=1S/C22H24N6O/c1-2-20(19-6-5-16-4-3-8-23-21(16)25-19)27-9-11-28(12-10-27)22-24-14-17-15-29-13-7-18(17)26-22/h2-6,8,14,20H,1,7,9-13,15H2. The Balaban J connectivity index is 1.30. The van der Waals surface area contributed by atoms with E-state index in [2.05, 4.69) is 38.5 Å². The van der Waals surface area contributed by atoms with Crippen LogP contribution in [0.4, 0.5) is 5.95 Å². The molecule has 0 aromatic carbocycles. The van der Waals surface area contributed by atoms with Gasteiger partial charge in [-0.2, -0.15) is 0 Å².